The van der Waals surface area contributed by atoms with Gasteiger partial charge in [-0.1, -0.05) is 0 Å². The number of aromatic nitrogens is 2. The maximum Gasteiger partial charge on any atom is 0.268 e. The van der Waals surface area contributed by atoms with Crippen molar-refractivity contribution in [3.05, 3.63) is 27.6 Å². The molecule has 5 heteroatoms. The van der Waals surface area contributed by atoms with Crippen LogP contribution in [0.5, 0.6) is 0 Å². The quantitative estimate of drug-likeness (QED) is 0.681. The molecule has 0 aromatic carbocycles. The third kappa shape index (κ3) is 1.15. The summed E-state index contributed by atoms with van der Waals surface area (Å²) in [4.78, 5) is 18.8. The van der Waals surface area contributed by atoms with Crippen LogP contribution in [0, 0.1) is 0 Å². The normalized spacial score (nSPS) is 10.8. The molecule has 0 spiro atoms. The van der Waals surface area contributed by atoms with Crippen LogP contribution in [0.1, 0.15) is 4.88 Å². The molecular weight excluding hydrogens is 192 g/mol. The number of rotatable bonds is 1. The first-order valence-corrected chi connectivity index (χ1v) is 4.83. The van der Waals surface area contributed by atoms with Crippen molar-refractivity contribution in [3.8, 4) is 0 Å². The minimum atomic E-state index is -0.0713. The molecule has 3 nitrogen and oxygen atoms in total. The fourth-order valence-electron chi connectivity index (χ4n) is 0.993. The van der Waals surface area contributed by atoms with E-state index in [0.29, 0.717) is 10.5 Å². The number of nitrogens with one attached hydrogen (secondary N) is 1. The number of thiophene rings is 1. The number of aromatic amines is 1. The van der Waals surface area contributed by atoms with Crippen molar-refractivity contribution < 1.29 is 0 Å². The molecule has 62 valence electrons. The lowest BCUT2D eigenvalue weighted by Crippen LogP contribution is -2.02. The van der Waals surface area contributed by atoms with Crippen molar-refractivity contribution in [2.24, 2.45) is 0 Å². The van der Waals surface area contributed by atoms with Crippen LogP contribution in [0.2, 0.25) is 0 Å². The zero-order chi connectivity index (χ0) is 8.55. The second kappa shape index (κ2) is 2.91. The van der Waals surface area contributed by atoms with E-state index in [0.717, 1.165) is 10.4 Å². The number of H-pyrrole nitrogens is 1. The maximum absolute atomic E-state index is 11.2. The van der Waals surface area contributed by atoms with E-state index < -0.39 is 0 Å². The zero-order valence-corrected chi connectivity index (χ0v) is 7.78. The van der Waals surface area contributed by atoms with E-state index in [2.05, 4.69) is 22.6 Å². The molecule has 0 radical (unpaired) electrons. The minimum Gasteiger partial charge on any atom is -0.312 e. The predicted octanol–water partition coefficient (Wildman–Crippen LogP) is 1.41. The third-order valence-corrected chi connectivity index (χ3v) is 3.20. The average Bonchev–Trinajstić information content (AvgIpc) is 2.49. The number of thiol groups is 1. The summed E-state index contributed by atoms with van der Waals surface area (Å²) in [6.07, 6.45) is 1.42. The molecule has 0 saturated heterocycles. The SMILES string of the molecule is O=c1[nH]cnc2cc(CS)sc12. The first kappa shape index (κ1) is 7.82. The highest BCUT2D eigenvalue weighted by molar-refractivity contribution is 7.79. The van der Waals surface area contributed by atoms with Crippen molar-refractivity contribution in [2.75, 3.05) is 0 Å². The predicted molar refractivity (Wildman–Crippen MR) is 52.9 cm³/mol. The lowest BCUT2D eigenvalue weighted by molar-refractivity contribution is 1.18. The highest BCUT2D eigenvalue weighted by atomic mass is 32.1. The molecule has 0 unspecified atom stereocenters. The Bertz CT molecular complexity index is 460. The standard InChI is InChI=1S/C7H6N2OS2/c10-7-6-5(8-3-9-7)1-4(2-11)12-6/h1,3,11H,2H2,(H,8,9,10). The van der Waals surface area contributed by atoms with E-state index in [4.69, 9.17) is 0 Å². The van der Waals surface area contributed by atoms with Crippen molar-refractivity contribution in [3.63, 3.8) is 0 Å². The van der Waals surface area contributed by atoms with Crippen LogP contribution in [-0.2, 0) is 5.75 Å². The fraction of sp³-hybridized carbons (Fsp3) is 0.143. The Hall–Kier alpha value is -0.810. The molecule has 0 saturated carbocycles. The van der Waals surface area contributed by atoms with Gasteiger partial charge in [0.15, 0.2) is 0 Å². The second-order valence-corrected chi connectivity index (χ2v) is 3.77. The molecular formula is C7H6N2OS2. The van der Waals surface area contributed by atoms with Gasteiger partial charge in [-0.15, -0.1) is 11.3 Å². The van der Waals surface area contributed by atoms with E-state index in [9.17, 15) is 4.79 Å². The molecule has 2 rings (SSSR count). The van der Waals surface area contributed by atoms with Gasteiger partial charge in [0.2, 0.25) is 0 Å². The lowest BCUT2D eigenvalue weighted by atomic mass is 10.4. The monoisotopic (exact) mass is 198 g/mol. The molecule has 0 atom stereocenters. The van der Waals surface area contributed by atoms with E-state index in [1.54, 1.807) is 0 Å². The summed E-state index contributed by atoms with van der Waals surface area (Å²) in [5.41, 5.74) is 0.686. The van der Waals surface area contributed by atoms with Gasteiger partial charge in [0, 0.05) is 10.6 Å². The van der Waals surface area contributed by atoms with Crippen LogP contribution in [0.3, 0.4) is 0 Å². The van der Waals surface area contributed by atoms with Gasteiger partial charge in [0.05, 0.1) is 11.8 Å². The largest absolute Gasteiger partial charge is 0.312 e. The Balaban J connectivity index is 2.83. The van der Waals surface area contributed by atoms with Crippen molar-refractivity contribution >= 4 is 34.2 Å². The Morgan fingerprint density at radius 1 is 1.67 bits per heavy atom. The molecule has 1 N–H and O–H groups in total. The van der Waals surface area contributed by atoms with Gasteiger partial charge in [-0.25, -0.2) is 4.98 Å². The van der Waals surface area contributed by atoms with Crippen LogP contribution in [0.15, 0.2) is 17.2 Å². The first-order valence-electron chi connectivity index (χ1n) is 3.38. The summed E-state index contributed by atoms with van der Waals surface area (Å²) in [6, 6.07) is 1.89. The molecule has 0 fully saturated rings. The number of hydrogen-bond acceptors (Lipinski definition) is 4. The Kier molecular flexibility index (Phi) is 1.90. The molecule has 0 bridgehead atoms. The fourth-order valence-corrected chi connectivity index (χ4v) is 2.14. The smallest absolute Gasteiger partial charge is 0.268 e. The van der Waals surface area contributed by atoms with Gasteiger partial charge in [-0.2, -0.15) is 12.6 Å². The van der Waals surface area contributed by atoms with Crippen LogP contribution < -0.4 is 5.56 Å². The summed E-state index contributed by atoms with van der Waals surface area (Å²) in [7, 11) is 0. The summed E-state index contributed by atoms with van der Waals surface area (Å²) >= 11 is 5.57. The van der Waals surface area contributed by atoms with E-state index in [1.807, 2.05) is 6.07 Å². The Morgan fingerprint density at radius 3 is 3.17 bits per heavy atom. The number of hydrogen-bond donors (Lipinski definition) is 2. The van der Waals surface area contributed by atoms with Crippen molar-refractivity contribution in [2.45, 2.75) is 5.75 Å². The van der Waals surface area contributed by atoms with Gasteiger partial charge in [-0.05, 0) is 6.07 Å². The molecule has 12 heavy (non-hydrogen) atoms. The molecule has 0 amide bonds. The van der Waals surface area contributed by atoms with Crippen molar-refractivity contribution in [1.82, 2.24) is 9.97 Å². The Labute approximate surface area is 77.9 Å². The van der Waals surface area contributed by atoms with E-state index in [1.165, 1.54) is 17.7 Å². The Morgan fingerprint density at radius 2 is 2.50 bits per heavy atom. The topological polar surface area (TPSA) is 45.8 Å². The van der Waals surface area contributed by atoms with Gasteiger partial charge in [0.25, 0.3) is 5.56 Å². The van der Waals surface area contributed by atoms with Gasteiger partial charge in [-0.3, -0.25) is 4.79 Å². The van der Waals surface area contributed by atoms with Gasteiger partial charge >= 0.3 is 0 Å². The molecule has 0 aliphatic heterocycles. The van der Waals surface area contributed by atoms with Crippen molar-refractivity contribution in [1.29, 1.82) is 0 Å². The molecule has 0 aliphatic rings. The van der Waals surface area contributed by atoms with Crippen LogP contribution >= 0.6 is 24.0 Å². The minimum absolute atomic E-state index is 0.0713. The summed E-state index contributed by atoms with van der Waals surface area (Å²) in [5, 5.41) is 0. The summed E-state index contributed by atoms with van der Waals surface area (Å²) in [6.45, 7) is 0. The summed E-state index contributed by atoms with van der Waals surface area (Å²) < 4.78 is 0.682. The molecule has 2 heterocycles. The van der Waals surface area contributed by atoms with Gasteiger partial charge in [0.1, 0.15) is 4.70 Å². The zero-order valence-electron chi connectivity index (χ0n) is 6.07. The average molecular weight is 198 g/mol. The number of fused-ring (bicyclic) bond motifs is 1. The highest BCUT2D eigenvalue weighted by Gasteiger charge is 2.03. The van der Waals surface area contributed by atoms with E-state index in [-0.39, 0.29) is 5.56 Å². The second-order valence-electron chi connectivity index (χ2n) is 2.32. The van der Waals surface area contributed by atoms with Crippen LogP contribution in [0.25, 0.3) is 10.2 Å². The first-order chi connectivity index (χ1) is 5.81. The maximum atomic E-state index is 11.2. The van der Waals surface area contributed by atoms with Gasteiger partial charge < -0.3 is 4.98 Å². The molecule has 2 aromatic rings. The summed E-state index contributed by atoms with van der Waals surface area (Å²) in [5.74, 6) is 0.653. The molecule has 0 aliphatic carbocycles. The number of nitrogens with zero attached hydrogens (tertiary/aromatic N) is 1. The lowest BCUT2D eigenvalue weighted by Gasteiger charge is -1.82. The highest BCUT2D eigenvalue weighted by Crippen LogP contribution is 2.21. The molecule has 2 aromatic heterocycles. The van der Waals surface area contributed by atoms with Crippen LogP contribution in [-0.4, -0.2) is 9.97 Å². The third-order valence-electron chi connectivity index (χ3n) is 1.52. The van der Waals surface area contributed by atoms with E-state index >= 15 is 0 Å². The van der Waals surface area contributed by atoms with Crippen LogP contribution in [0.4, 0.5) is 0 Å².